The van der Waals surface area contributed by atoms with Gasteiger partial charge in [0, 0.05) is 0 Å². The van der Waals surface area contributed by atoms with Crippen molar-refractivity contribution in [3.63, 3.8) is 0 Å². The Hall–Kier alpha value is -2.95. The summed E-state index contributed by atoms with van der Waals surface area (Å²) in [4.78, 5) is 0. The number of hydrogen-bond acceptors (Lipinski definition) is 0. The Kier molecular flexibility index (Phi) is 5.93. The van der Waals surface area contributed by atoms with Gasteiger partial charge in [0.2, 0.25) is 0 Å². The van der Waals surface area contributed by atoms with E-state index in [-0.39, 0.29) is 12.0 Å². The third-order valence-corrected chi connectivity index (χ3v) is 4.43. The Morgan fingerprint density at radius 1 is 0.714 bits per heavy atom. The SMILES string of the molecule is Fc1ccc(C=Cc2ccc(C[C@H](c3ccccc3)C(F)(F)F)cc2)cc1F. The first-order valence-electron chi connectivity index (χ1n) is 8.66. The van der Waals surface area contributed by atoms with Crippen molar-refractivity contribution in [2.45, 2.75) is 18.5 Å². The average molecular weight is 388 g/mol. The van der Waals surface area contributed by atoms with Gasteiger partial charge >= 0.3 is 6.18 Å². The zero-order chi connectivity index (χ0) is 20.1. The van der Waals surface area contributed by atoms with Gasteiger partial charge in [0.05, 0.1) is 5.92 Å². The molecule has 0 heterocycles. The minimum absolute atomic E-state index is 0.152. The Balaban J connectivity index is 1.74. The summed E-state index contributed by atoms with van der Waals surface area (Å²) in [7, 11) is 0. The van der Waals surface area contributed by atoms with Crippen LogP contribution in [0, 0.1) is 11.6 Å². The molecule has 0 amide bonds. The minimum atomic E-state index is -4.34. The molecule has 0 aromatic heterocycles. The molecule has 0 unspecified atom stereocenters. The number of halogens is 5. The molecule has 3 rings (SSSR count). The first-order valence-corrected chi connectivity index (χ1v) is 8.66. The maximum Gasteiger partial charge on any atom is 0.396 e. The van der Waals surface area contributed by atoms with Crippen molar-refractivity contribution in [3.8, 4) is 0 Å². The van der Waals surface area contributed by atoms with Crippen LogP contribution in [0.15, 0.2) is 72.8 Å². The molecule has 1 atom stereocenters. The van der Waals surface area contributed by atoms with Gasteiger partial charge in [-0.1, -0.05) is 72.8 Å². The lowest BCUT2D eigenvalue weighted by atomic mass is 9.91. The highest BCUT2D eigenvalue weighted by atomic mass is 19.4. The van der Waals surface area contributed by atoms with Gasteiger partial charge in [-0.3, -0.25) is 0 Å². The second kappa shape index (κ2) is 8.38. The van der Waals surface area contributed by atoms with E-state index in [0.717, 1.165) is 17.7 Å². The van der Waals surface area contributed by atoms with Crippen LogP contribution in [0.25, 0.3) is 12.2 Å². The number of benzene rings is 3. The summed E-state index contributed by atoms with van der Waals surface area (Å²) in [6.07, 6.45) is -1.19. The fraction of sp³-hybridized carbons (Fsp3) is 0.130. The first-order chi connectivity index (χ1) is 13.3. The summed E-state index contributed by atoms with van der Waals surface area (Å²) in [5.74, 6) is -3.42. The molecule has 0 spiro atoms. The lowest BCUT2D eigenvalue weighted by Gasteiger charge is -2.21. The van der Waals surface area contributed by atoms with Crippen molar-refractivity contribution >= 4 is 12.2 Å². The van der Waals surface area contributed by atoms with Crippen LogP contribution in [0.4, 0.5) is 22.0 Å². The molecule has 0 aliphatic rings. The quantitative estimate of drug-likeness (QED) is 0.325. The summed E-state index contributed by atoms with van der Waals surface area (Å²) >= 11 is 0. The van der Waals surface area contributed by atoms with E-state index < -0.39 is 23.7 Å². The highest BCUT2D eigenvalue weighted by Gasteiger charge is 2.40. The lowest BCUT2D eigenvalue weighted by molar-refractivity contribution is -0.150. The van der Waals surface area contributed by atoms with Crippen LogP contribution in [-0.4, -0.2) is 6.18 Å². The van der Waals surface area contributed by atoms with Crippen LogP contribution in [0.3, 0.4) is 0 Å². The number of hydrogen-bond donors (Lipinski definition) is 0. The fourth-order valence-corrected chi connectivity index (χ4v) is 2.92. The van der Waals surface area contributed by atoms with Crippen LogP contribution < -0.4 is 0 Å². The van der Waals surface area contributed by atoms with E-state index in [0.29, 0.717) is 11.1 Å². The first kappa shape index (κ1) is 19.8. The summed E-state index contributed by atoms with van der Waals surface area (Å²) in [6.45, 7) is 0. The molecule has 0 nitrogen and oxygen atoms in total. The van der Waals surface area contributed by atoms with Gasteiger partial charge in [0.25, 0.3) is 0 Å². The Morgan fingerprint density at radius 2 is 1.32 bits per heavy atom. The molecular formula is C23H17F5. The summed E-state index contributed by atoms with van der Waals surface area (Å²) in [5.41, 5.74) is 2.04. The topological polar surface area (TPSA) is 0 Å². The fourth-order valence-electron chi connectivity index (χ4n) is 2.92. The molecule has 0 saturated carbocycles. The van der Waals surface area contributed by atoms with E-state index in [1.54, 1.807) is 54.6 Å². The molecule has 0 saturated heterocycles. The normalized spacial score (nSPS) is 13.0. The highest BCUT2D eigenvalue weighted by Crippen LogP contribution is 2.37. The van der Waals surface area contributed by atoms with Crippen molar-refractivity contribution in [2.75, 3.05) is 0 Å². The maximum absolute atomic E-state index is 13.5. The number of rotatable bonds is 5. The van der Waals surface area contributed by atoms with E-state index in [2.05, 4.69) is 0 Å². The van der Waals surface area contributed by atoms with Gasteiger partial charge in [-0.05, 0) is 40.8 Å². The standard InChI is InChI=1S/C23H17F5/c24-21-13-12-18(15-22(21)25)11-8-16-6-9-17(10-7-16)14-20(23(26,27)28)19-4-2-1-3-5-19/h1-13,15,20H,14H2/t20-/m1/s1. The van der Waals surface area contributed by atoms with Crippen LogP contribution in [0.2, 0.25) is 0 Å². The molecular weight excluding hydrogens is 371 g/mol. The Bertz CT molecular complexity index is 941. The van der Waals surface area contributed by atoms with Gasteiger partial charge in [0.1, 0.15) is 0 Å². The summed E-state index contributed by atoms with van der Waals surface area (Å²) in [5, 5.41) is 0. The van der Waals surface area contributed by atoms with E-state index in [1.807, 2.05) is 0 Å². The molecule has 0 aliphatic heterocycles. The second-order valence-electron chi connectivity index (χ2n) is 6.46. The Morgan fingerprint density at radius 3 is 1.93 bits per heavy atom. The van der Waals surface area contributed by atoms with Crippen molar-refractivity contribution in [3.05, 3.63) is 107 Å². The van der Waals surface area contributed by atoms with Crippen molar-refractivity contribution < 1.29 is 22.0 Å². The van der Waals surface area contributed by atoms with Crippen molar-refractivity contribution in [2.24, 2.45) is 0 Å². The van der Waals surface area contributed by atoms with Crippen molar-refractivity contribution in [1.82, 2.24) is 0 Å². The average Bonchev–Trinajstić information content (AvgIpc) is 2.68. The monoisotopic (exact) mass is 388 g/mol. The predicted octanol–water partition coefficient (Wildman–Crippen LogP) is 7.02. The van der Waals surface area contributed by atoms with Gasteiger partial charge in [0.15, 0.2) is 11.6 Å². The molecule has 3 aromatic carbocycles. The molecule has 28 heavy (non-hydrogen) atoms. The van der Waals surface area contributed by atoms with E-state index in [9.17, 15) is 22.0 Å². The van der Waals surface area contributed by atoms with E-state index >= 15 is 0 Å². The zero-order valence-corrected chi connectivity index (χ0v) is 14.8. The van der Waals surface area contributed by atoms with Crippen LogP contribution in [0.1, 0.15) is 28.2 Å². The summed E-state index contributed by atoms with van der Waals surface area (Å²) in [6, 6.07) is 18.1. The largest absolute Gasteiger partial charge is 0.396 e. The van der Waals surface area contributed by atoms with Gasteiger partial charge in [-0.25, -0.2) is 8.78 Å². The third-order valence-electron chi connectivity index (χ3n) is 4.43. The molecule has 0 fully saturated rings. The molecule has 0 aliphatic carbocycles. The molecule has 144 valence electrons. The second-order valence-corrected chi connectivity index (χ2v) is 6.46. The van der Waals surface area contributed by atoms with Gasteiger partial charge < -0.3 is 0 Å². The molecule has 0 N–H and O–H groups in total. The van der Waals surface area contributed by atoms with Crippen LogP contribution >= 0.6 is 0 Å². The van der Waals surface area contributed by atoms with Gasteiger partial charge in [-0.15, -0.1) is 0 Å². The van der Waals surface area contributed by atoms with Crippen LogP contribution in [-0.2, 0) is 6.42 Å². The van der Waals surface area contributed by atoms with E-state index in [4.69, 9.17) is 0 Å². The molecule has 0 bridgehead atoms. The Labute approximate surface area is 160 Å². The molecule has 5 heteroatoms. The smallest absolute Gasteiger partial charge is 0.204 e. The zero-order valence-electron chi connectivity index (χ0n) is 14.8. The predicted molar refractivity (Wildman–Crippen MR) is 101 cm³/mol. The number of alkyl halides is 3. The third kappa shape index (κ3) is 5.06. The summed E-state index contributed by atoms with van der Waals surface area (Å²) < 4.78 is 66.6. The highest BCUT2D eigenvalue weighted by molar-refractivity contribution is 5.69. The van der Waals surface area contributed by atoms with Gasteiger partial charge in [-0.2, -0.15) is 13.2 Å². The van der Waals surface area contributed by atoms with Crippen LogP contribution in [0.5, 0.6) is 0 Å². The van der Waals surface area contributed by atoms with E-state index in [1.165, 1.54) is 18.2 Å². The molecule has 3 aromatic rings. The maximum atomic E-state index is 13.5. The molecule has 0 radical (unpaired) electrons. The lowest BCUT2D eigenvalue weighted by Crippen LogP contribution is -2.22. The minimum Gasteiger partial charge on any atom is -0.204 e. The van der Waals surface area contributed by atoms with Crippen molar-refractivity contribution in [1.29, 1.82) is 0 Å².